The van der Waals surface area contributed by atoms with E-state index < -0.39 is 17.8 Å². The van der Waals surface area contributed by atoms with Crippen LogP contribution in [0.4, 0.5) is 10.1 Å². The molecule has 1 aromatic heterocycles. The van der Waals surface area contributed by atoms with E-state index in [-0.39, 0.29) is 22.3 Å². The summed E-state index contributed by atoms with van der Waals surface area (Å²) in [6.45, 7) is 1.87. The third-order valence-electron chi connectivity index (χ3n) is 5.33. The molecule has 0 fully saturated rings. The van der Waals surface area contributed by atoms with E-state index in [2.05, 4.69) is 15.9 Å². The van der Waals surface area contributed by atoms with Gasteiger partial charge in [0, 0.05) is 15.7 Å². The molecule has 1 atom stereocenters. The van der Waals surface area contributed by atoms with Crippen LogP contribution in [0.25, 0.3) is 11.0 Å². The smallest absolute Gasteiger partial charge is 0.295 e. The van der Waals surface area contributed by atoms with Crippen LogP contribution in [0, 0.1) is 12.7 Å². The van der Waals surface area contributed by atoms with E-state index in [1.807, 2.05) is 13.0 Å². The lowest BCUT2D eigenvalue weighted by Crippen LogP contribution is -2.30. The lowest BCUT2D eigenvalue weighted by atomic mass is 9.97. The van der Waals surface area contributed by atoms with E-state index in [0.717, 1.165) is 10.0 Å². The third kappa shape index (κ3) is 2.79. The number of amides is 1. The molecule has 3 aromatic carbocycles. The van der Waals surface area contributed by atoms with E-state index in [9.17, 15) is 14.0 Å². The molecule has 30 heavy (non-hydrogen) atoms. The Bertz CT molecular complexity index is 1380. The highest BCUT2D eigenvalue weighted by Gasteiger charge is 2.44. The normalized spacial score (nSPS) is 15.6. The number of hydrogen-bond donors (Lipinski definition) is 0. The van der Waals surface area contributed by atoms with Gasteiger partial charge in [0.25, 0.3) is 5.91 Å². The summed E-state index contributed by atoms with van der Waals surface area (Å²) in [5.41, 5.74) is 1.85. The van der Waals surface area contributed by atoms with Crippen molar-refractivity contribution < 1.29 is 13.6 Å². The number of halogens is 2. The second-order valence-corrected chi connectivity index (χ2v) is 8.16. The van der Waals surface area contributed by atoms with Crippen LogP contribution >= 0.6 is 15.9 Å². The summed E-state index contributed by atoms with van der Waals surface area (Å²) in [5, 5.41) is 0.376. The number of hydrogen-bond acceptors (Lipinski definition) is 3. The molecule has 148 valence electrons. The molecule has 0 bridgehead atoms. The minimum absolute atomic E-state index is 0.0486. The van der Waals surface area contributed by atoms with E-state index in [1.165, 1.54) is 11.0 Å². The summed E-state index contributed by atoms with van der Waals surface area (Å²) >= 11 is 3.38. The lowest BCUT2D eigenvalue weighted by molar-refractivity contribution is 0.0971. The molecular weight excluding hydrogens is 449 g/mol. The summed E-state index contributed by atoms with van der Waals surface area (Å²) in [4.78, 5) is 28.3. The van der Waals surface area contributed by atoms with Crippen molar-refractivity contribution in [2.45, 2.75) is 13.0 Å². The summed E-state index contributed by atoms with van der Waals surface area (Å²) in [5.74, 6) is -1.01. The molecule has 4 aromatic rings. The van der Waals surface area contributed by atoms with Gasteiger partial charge in [-0.2, -0.15) is 0 Å². The Labute approximate surface area is 179 Å². The molecule has 0 N–H and O–H groups in total. The van der Waals surface area contributed by atoms with Crippen molar-refractivity contribution in [3.63, 3.8) is 0 Å². The SMILES string of the molecule is Cc1ccc2oc3c(c(=O)c2c1)C(c1ccccc1F)N(c1ccc(Br)cc1)C3=O. The Morgan fingerprint density at radius 3 is 2.47 bits per heavy atom. The number of benzene rings is 3. The predicted octanol–water partition coefficient (Wildman–Crippen LogP) is 5.75. The monoisotopic (exact) mass is 463 g/mol. The maximum absolute atomic E-state index is 14.8. The van der Waals surface area contributed by atoms with Crippen LogP contribution < -0.4 is 10.3 Å². The molecule has 1 unspecified atom stereocenters. The maximum Gasteiger partial charge on any atom is 0.295 e. The van der Waals surface area contributed by atoms with E-state index in [1.54, 1.807) is 54.6 Å². The zero-order chi connectivity index (χ0) is 21.0. The van der Waals surface area contributed by atoms with Crippen LogP contribution in [-0.4, -0.2) is 5.91 Å². The average Bonchev–Trinajstić information content (AvgIpc) is 3.02. The molecule has 0 aliphatic carbocycles. The zero-order valence-electron chi connectivity index (χ0n) is 15.9. The van der Waals surface area contributed by atoms with Crippen LogP contribution in [0.5, 0.6) is 0 Å². The molecule has 4 nitrogen and oxygen atoms in total. The molecule has 1 aliphatic heterocycles. The van der Waals surface area contributed by atoms with Crippen molar-refractivity contribution in [3.8, 4) is 0 Å². The second kappa shape index (κ2) is 6.92. The predicted molar refractivity (Wildman–Crippen MR) is 116 cm³/mol. The van der Waals surface area contributed by atoms with Crippen molar-refractivity contribution >= 4 is 38.5 Å². The fraction of sp³-hybridized carbons (Fsp3) is 0.0833. The van der Waals surface area contributed by atoms with Crippen molar-refractivity contribution in [1.29, 1.82) is 0 Å². The van der Waals surface area contributed by atoms with Gasteiger partial charge >= 0.3 is 0 Å². The fourth-order valence-corrected chi connectivity index (χ4v) is 4.21. The number of carbonyl (C=O) groups is 1. The number of rotatable bonds is 2. The molecule has 5 rings (SSSR count). The molecule has 0 radical (unpaired) electrons. The van der Waals surface area contributed by atoms with Gasteiger partial charge in [0.1, 0.15) is 11.4 Å². The Kier molecular flexibility index (Phi) is 4.33. The molecule has 2 heterocycles. The first kappa shape index (κ1) is 18.8. The summed E-state index contributed by atoms with van der Waals surface area (Å²) in [6, 6.07) is 17.6. The number of anilines is 1. The highest BCUT2D eigenvalue weighted by atomic mass is 79.9. The molecule has 1 amide bonds. The average molecular weight is 464 g/mol. The summed E-state index contributed by atoms with van der Waals surface area (Å²) in [6.07, 6.45) is 0. The summed E-state index contributed by atoms with van der Waals surface area (Å²) in [7, 11) is 0. The maximum atomic E-state index is 14.8. The third-order valence-corrected chi connectivity index (χ3v) is 5.86. The van der Waals surface area contributed by atoms with Gasteiger partial charge in [-0.3, -0.25) is 14.5 Å². The molecule has 1 aliphatic rings. The number of carbonyl (C=O) groups excluding carboxylic acids is 1. The van der Waals surface area contributed by atoms with Crippen molar-refractivity contribution in [3.05, 3.63) is 110 Å². The highest BCUT2D eigenvalue weighted by molar-refractivity contribution is 9.10. The summed E-state index contributed by atoms with van der Waals surface area (Å²) < 4.78 is 21.6. The molecule has 6 heteroatoms. The van der Waals surface area contributed by atoms with Crippen molar-refractivity contribution in [2.75, 3.05) is 4.90 Å². The Morgan fingerprint density at radius 1 is 1.00 bits per heavy atom. The minimum atomic E-state index is -0.920. The van der Waals surface area contributed by atoms with Gasteiger partial charge in [-0.05, 0) is 49.4 Å². The van der Waals surface area contributed by atoms with Crippen molar-refractivity contribution in [1.82, 2.24) is 0 Å². The quantitative estimate of drug-likeness (QED) is 0.380. The van der Waals surface area contributed by atoms with E-state index >= 15 is 0 Å². The first-order valence-electron chi connectivity index (χ1n) is 9.36. The van der Waals surface area contributed by atoms with E-state index in [4.69, 9.17) is 4.42 Å². The molecule has 0 spiro atoms. The lowest BCUT2D eigenvalue weighted by Gasteiger charge is -2.25. The largest absolute Gasteiger partial charge is 0.450 e. The second-order valence-electron chi connectivity index (χ2n) is 7.25. The molecule has 0 saturated heterocycles. The van der Waals surface area contributed by atoms with Gasteiger partial charge in [0.2, 0.25) is 5.76 Å². The highest BCUT2D eigenvalue weighted by Crippen LogP contribution is 2.42. The minimum Gasteiger partial charge on any atom is -0.450 e. The van der Waals surface area contributed by atoms with Crippen LogP contribution in [0.2, 0.25) is 0 Å². The number of aryl methyl sites for hydroxylation is 1. The van der Waals surface area contributed by atoms with Gasteiger partial charge in [-0.15, -0.1) is 0 Å². The topological polar surface area (TPSA) is 50.5 Å². The number of nitrogens with zero attached hydrogens (tertiary/aromatic N) is 1. The molecule has 0 saturated carbocycles. The van der Waals surface area contributed by atoms with Crippen LogP contribution in [0.15, 0.2) is 80.4 Å². The van der Waals surface area contributed by atoms with Crippen LogP contribution in [-0.2, 0) is 0 Å². The standard InChI is InChI=1S/C24H15BrFNO3/c1-13-6-11-19-17(12-13)22(28)20-21(16-4-2-3-5-18(16)26)27(24(29)23(20)30-19)15-9-7-14(25)8-10-15/h2-12,21H,1H3. The van der Waals surface area contributed by atoms with Gasteiger partial charge < -0.3 is 4.42 Å². The zero-order valence-corrected chi connectivity index (χ0v) is 17.4. The van der Waals surface area contributed by atoms with Crippen molar-refractivity contribution in [2.24, 2.45) is 0 Å². The van der Waals surface area contributed by atoms with Crippen LogP contribution in [0.1, 0.15) is 33.3 Å². The first-order valence-corrected chi connectivity index (χ1v) is 10.2. The Morgan fingerprint density at radius 2 is 1.73 bits per heavy atom. The van der Waals surface area contributed by atoms with Gasteiger partial charge in [-0.25, -0.2) is 4.39 Å². The van der Waals surface area contributed by atoms with Gasteiger partial charge in [0.15, 0.2) is 5.43 Å². The van der Waals surface area contributed by atoms with Crippen LogP contribution in [0.3, 0.4) is 0 Å². The van der Waals surface area contributed by atoms with Gasteiger partial charge in [-0.1, -0.05) is 45.8 Å². The Balaban J connectivity index is 1.84. The first-order chi connectivity index (χ1) is 14.5. The van der Waals surface area contributed by atoms with Gasteiger partial charge in [0.05, 0.1) is 17.0 Å². The molecular formula is C24H15BrFNO3. The number of fused-ring (bicyclic) bond motifs is 2. The Hall–Kier alpha value is -3.25. The fourth-order valence-electron chi connectivity index (χ4n) is 3.95. The van der Waals surface area contributed by atoms with E-state index in [0.29, 0.717) is 16.7 Å².